The number of benzene rings is 2. The molecule has 2 aromatic rings. The molecule has 0 atom stereocenters. The highest BCUT2D eigenvalue weighted by Crippen LogP contribution is 2.13. The van der Waals surface area contributed by atoms with Crippen molar-refractivity contribution in [3.63, 3.8) is 0 Å². The van der Waals surface area contributed by atoms with Crippen LogP contribution in [0.5, 0.6) is 5.75 Å². The van der Waals surface area contributed by atoms with Crippen molar-refractivity contribution in [2.24, 2.45) is 0 Å². The molecule has 0 unspecified atom stereocenters. The third-order valence-electron chi connectivity index (χ3n) is 3.34. The molecule has 0 aliphatic carbocycles. The number of ether oxygens (including phenoxy) is 1. The van der Waals surface area contributed by atoms with E-state index in [2.05, 4.69) is 16.2 Å². The fraction of sp³-hybridized carbons (Fsp3) is 0.0526. The summed E-state index contributed by atoms with van der Waals surface area (Å²) in [6.07, 6.45) is 1.42. The number of thiocarbonyl (C=S) groups is 1. The fourth-order valence-corrected chi connectivity index (χ4v) is 2.14. The second-order valence-electron chi connectivity index (χ2n) is 5.17. The minimum Gasteiger partial charge on any atom is -0.497 e. The zero-order valence-electron chi connectivity index (χ0n) is 14.4. The van der Waals surface area contributed by atoms with E-state index in [1.54, 1.807) is 61.7 Å². The van der Waals surface area contributed by atoms with Gasteiger partial charge in [0, 0.05) is 5.56 Å². The lowest BCUT2D eigenvalue weighted by molar-refractivity contribution is -0.117. The van der Waals surface area contributed by atoms with Crippen LogP contribution in [0.2, 0.25) is 0 Å². The topological polar surface area (TPSA) is 103 Å². The van der Waals surface area contributed by atoms with E-state index in [1.165, 1.54) is 6.08 Å². The molecule has 0 heterocycles. The molecule has 7 nitrogen and oxygen atoms in total. The van der Waals surface area contributed by atoms with Crippen LogP contribution < -0.4 is 20.9 Å². The van der Waals surface area contributed by atoms with Gasteiger partial charge in [-0.3, -0.25) is 25.8 Å². The number of amides is 2. The van der Waals surface area contributed by atoms with E-state index in [0.717, 1.165) is 0 Å². The Hall–Kier alpha value is -3.70. The molecule has 3 N–H and O–H groups in total. The quantitative estimate of drug-likeness (QED) is 0.324. The predicted octanol–water partition coefficient (Wildman–Crippen LogP) is 1.94. The van der Waals surface area contributed by atoms with Gasteiger partial charge in [-0.2, -0.15) is 5.26 Å². The van der Waals surface area contributed by atoms with Gasteiger partial charge < -0.3 is 4.74 Å². The number of nitrogens with zero attached hydrogens (tertiary/aromatic N) is 1. The van der Waals surface area contributed by atoms with E-state index in [1.807, 2.05) is 6.07 Å². The lowest BCUT2D eigenvalue weighted by atomic mass is 10.1. The van der Waals surface area contributed by atoms with Crippen molar-refractivity contribution in [3.05, 3.63) is 71.3 Å². The van der Waals surface area contributed by atoms with E-state index >= 15 is 0 Å². The molecule has 0 saturated carbocycles. The summed E-state index contributed by atoms with van der Waals surface area (Å²) < 4.78 is 5.05. The molecular weight excluding hydrogens is 364 g/mol. The maximum Gasteiger partial charge on any atom is 0.280 e. The number of carbonyl (C=O) groups excluding carboxylic acids is 2. The van der Waals surface area contributed by atoms with Gasteiger partial charge in [0.1, 0.15) is 17.4 Å². The van der Waals surface area contributed by atoms with E-state index in [4.69, 9.17) is 17.0 Å². The summed E-state index contributed by atoms with van der Waals surface area (Å²) in [7, 11) is 1.55. The Morgan fingerprint density at radius 3 is 2.33 bits per heavy atom. The molecule has 0 bridgehead atoms. The van der Waals surface area contributed by atoms with E-state index in [-0.39, 0.29) is 10.7 Å². The summed E-state index contributed by atoms with van der Waals surface area (Å²) in [5, 5.41) is 11.5. The summed E-state index contributed by atoms with van der Waals surface area (Å²) in [5.41, 5.74) is 5.60. The molecule has 0 aliphatic heterocycles. The molecule has 0 fully saturated rings. The zero-order chi connectivity index (χ0) is 19.6. The Morgan fingerprint density at radius 2 is 1.74 bits per heavy atom. The first kappa shape index (κ1) is 19.6. The first-order valence-corrected chi connectivity index (χ1v) is 8.17. The highest BCUT2D eigenvalue weighted by Gasteiger charge is 2.11. The zero-order valence-corrected chi connectivity index (χ0v) is 15.2. The number of rotatable bonds is 4. The third-order valence-corrected chi connectivity index (χ3v) is 3.55. The highest BCUT2D eigenvalue weighted by molar-refractivity contribution is 7.80. The second-order valence-corrected chi connectivity index (χ2v) is 5.58. The second kappa shape index (κ2) is 9.70. The summed E-state index contributed by atoms with van der Waals surface area (Å²) in [6, 6.07) is 17.1. The van der Waals surface area contributed by atoms with Crippen molar-refractivity contribution in [2.45, 2.75) is 0 Å². The smallest absolute Gasteiger partial charge is 0.280 e. The molecule has 2 rings (SSSR count). The number of nitriles is 1. The number of carbonyl (C=O) groups is 2. The van der Waals surface area contributed by atoms with Crippen molar-refractivity contribution in [1.82, 2.24) is 16.2 Å². The van der Waals surface area contributed by atoms with Crippen molar-refractivity contribution < 1.29 is 14.3 Å². The molecule has 2 aromatic carbocycles. The van der Waals surface area contributed by atoms with Crippen LogP contribution in [0.4, 0.5) is 0 Å². The largest absolute Gasteiger partial charge is 0.497 e. The Bertz CT molecular complexity index is 903. The van der Waals surface area contributed by atoms with E-state index in [9.17, 15) is 14.9 Å². The first-order chi connectivity index (χ1) is 13.0. The van der Waals surface area contributed by atoms with E-state index < -0.39 is 11.8 Å². The monoisotopic (exact) mass is 380 g/mol. The standard InChI is InChI=1S/C19H16N4O3S/c1-26-16-9-7-13(8-10-16)11-15(12-20)18(25)22-23-19(27)21-17(24)14-5-3-2-4-6-14/h2-11H,1H3,(H,22,25)(H2,21,23,24,27)/b15-11+. The SMILES string of the molecule is COc1ccc(/C=C(\C#N)C(=O)NNC(=S)NC(=O)c2ccccc2)cc1. The molecule has 8 heteroatoms. The molecule has 0 spiro atoms. The van der Waals surface area contributed by atoms with Crippen molar-refractivity contribution in [2.75, 3.05) is 7.11 Å². The van der Waals surface area contributed by atoms with Crippen LogP contribution in [-0.2, 0) is 4.79 Å². The fourth-order valence-electron chi connectivity index (χ4n) is 1.99. The number of hydrogen-bond donors (Lipinski definition) is 3. The molecule has 0 aromatic heterocycles. The van der Waals surface area contributed by atoms with Gasteiger partial charge in [-0.05, 0) is 48.1 Å². The summed E-state index contributed by atoms with van der Waals surface area (Å²) in [4.78, 5) is 24.1. The number of hydrogen-bond acceptors (Lipinski definition) is 5. The maximum absolute atomic E-state index is 12.1. The average molecular weight is 380 g/mol. The Labute approximate surface area is 161 Å². The van der Waals surface area contributed by atoms with Crippen LogP contribution in [0.3, 0.4) is 0 Å². The van der Waals surface area contributed by atoms with Crippen LogP contribution in [0.25, 0.3) is 6.08 Å². The van der Waals surface area contributed by atoms with Gasteiger partial charge in [0.15, 0.2) is 5.11 Å². The molecule has 0 aliphatic rings. The van der Waals surface area contributed by atoms with Crippen molar-refractivity contribution in [3.8, 4) is 11.8 Å². The van der Waals surface area contributed by atoms with E-state index in [0.29, 0.717) is 16.9 Å². The summed E-state index contributed by atoms with van der Waals surface area (Å²) >= 11 is 4.95. The van der Waals surface area contributed by atoms with Crippen molar-refractivity contribution >= 4 is 35.2 Å². The van der Waals surface area contributed by atoms with Gasteiger partial charge in [0.2, 0.25) is 0 Å². The van der Waals surface area contributed by atoms with Crippen LogP contribution in [0.15, 0.2) is 60.2 Å². The molecule has 2 amide bonds. The lowest BCUT2D eigenvalue weighted by Gasteiger charge is -2.10. The molecule has 0 saturated heterocycles. The number of hydrazine groups is 1. The Kier molecular flexibility index (Phi) is 7.05. The van der Waals surface area contributed by atoms with Crippen LogP contribution in [0.1, 0.15) is 15.9 Å². The first-order valence-electron chi connectivity index (χ1n) is 7.76. The average Bonchev–Trinajstić information content (AvgIpc) is 2.71. The predicted molar refractivity (Wildman–Crippen MR) is 104 cm³/mol. The maximum atomic E-state index is 12.1. The molecule has 0 radical (unpaired) electrons. The van der Waals surface area contributed by atoms with Crippen molar-refractivity contribution in [1.29, 1.82) is 5.26 Å². The van der Waals surface area contributed by atoms with Gasteiger partial charge in [-0.1, -0.05) is 30.3 Å². The van der Waals surface area contributed by atoms with Crippen LogP contribution in [0, 0.1) is 11.3 Å². The number of nitrogens with one attached hydrogen (secondary N) is 3. The minimum atomic E-state index is -0.690. The molecular formula is C19H16N4O3S. The Morgan fingerprint density at radius 1 is 1.07 bits per heavy atom. The lowest BCUT2D eigenvalue weighted by Crippen LogP contribution is -2.48. The number of methoxy groups -OCH3 is 1. The van der Waals surface area contributed by atoms with Gasteiger partial charge in [-0.15, -0.1) is 0 Å². The third kappa shape index (κ3) is 5.95. The van der Waals surface area contributed by atoms with Gasteiger partial charge in [0.25, 0.3) is 11.8 Å². The molecule has 27 heavy (non-hydrogen) atoms. The van der Waals surface area contributed by atoms with Gasteiger partial charge in [0.05, 0.1) is 7.11 Å². The summed E-state index contributed by atoms with van der Waals surface area (Å²) in [6.45, 7) is 0. The Balaban J connectivity index is 1.92. The van der Waals surface area contributed by atoms with Crippen LogP contribution >= 0.6 is 12.2 Å². The van der Waals surface area contributed by atoms with Crippen LogP contribution in [-0.4, -0.2) is 24.0 Å². The molecule has 136 valence electrons. The van der Waals surface area contributed by atoms with Gasteiger partial charge >= 0.3 is 0 Å². The summed E-state index contributed by atoms with van der Waals surface area (Å²) in [5.74, 6) is -0.447. The highest BCUT2D eigenvalue weighted by atomic mass is 32.1. The van der Waals surface area contributed by atoms with Gasteiger partial charge in [-0.25, -0.2) is 0 Å². The normalized spacial score (nSPS) is 10.3. The minimum absolute atomic E-state index is 0.0982.